The van der Waals surface area contributed by atoms with Gasteiger partial charge >= 0.3 is 5.97 Å². The van der Waals surface area contributed by atoms with Gasteiger partial charge < -0.3 is 4.74 Å². The van der Waals surface area contributed by atoms with Crippen molar-refractivity contribution >= 4 is 11.8 Å². The summed E-state index contributed by atoms with van der Waals surface area (Å²) < 4.78 is 5.05. The molecule has 116 valence electrons. The van der Waals surface area contributed by atoms with E-state index in [2.05, 4.69) is 19.9 Å². The Morgan fingerprint density at radius 2 is 1.65 bits per heavy atom. The van der Waals surface area contributed by atoms with E-state index in [1.54, 1.807) is 0 Å². The number of unbranched alkanes of at least 4 members (excludes halogenated alkanes) is 4. The Hall–Kier alpha value is -1.12. The van der Waals surface area contributed by atoms with Gasteiger partial charge in [-0.2, -0.15) is 0 Å². The van der Waals surface area contributed by atoms with E-state index >= 15 is 0 Å². The highest BCUT2D eigenvalue weighted by Crippen LogP contribution is 2.07. The van der Waals surface area contributed by atoms with Gasteiger partial charge in [0, 0.05) is 12.8 Å². The molecule has 0 amide bonds. The third-order valence-corrected chi connectivity index (χ3v) is 3.12. The highest BCUT2D eigenvalue weighted by atomic mass is 16.5. The number of allylic oxidation sites excluding steroid dienone is 1. The van der Waals surface area contributed by atoms with Crippen LogP contribution in [-0.2, 0) is 14.3 Å². The molecule has 0 unspecified atom stereocenters. The minimum Gasteiger partial charge on any atom is -0.465 e. The topological polar surface area (TPSA) is 43.4 Å². The minimum atomic E-state index is -0.255. The van der Waals surface area contributed by atoms with Crippen molar-refractivity contribution in [2.45, 2.75) is 78.1 Å². The molecule has 0 radical (unpaired) electrons. The number of ether oxygens (including phenoxy) is 1. The normalized spacial score (nSPS) is 10.9. The van der Waals surface area contributed by atoms with Crippen molar-refractivity contribution in [2.24, 2.45) is 0 Å². The first kappa shape index (κ1) is 18.9. The summed E-state index contributed by atoms with van der Waals surface area (Å²) >= 11 is 0. The standard InChI is InChI=1S/C17H30O3/c1-3-5-7-9-10-12-16(18)13-14-17(19)20-15-11-8-6-4-2/h6,8H,3-5,7,9-15H2,1-2H3/b8-6+. The van der Waals surface area contributed by atoms with Crippen LogP contribution in [0.25, 0.3) is 0 Å². The molecule has 0 saturated heterocycles. The summed E-state index contributed by atoms with van der Waals surface area (Å²) in [4.78, 5) is 23.0. The molecule has 0 bridgehead atoms. The van der Waals surface area contributed by atoms with E-state index in [1.165, 1.54) is 19.3 Å². The Labute approximate surface area is 123 Å². The first-order valence-electron chi connectivity index (χ1n) is 8.03. The minimum absolute atomic E-state index is 0.185. The molecular weight excluding hydrogens is 252 g/mol. The van der Waals surface area contributed by atoms with Gasteiger partial charge in [-0.15, -0.1) is 0 Å². The monoisotopic (exact) mass is 282 g/mol. The van der Waals surface area contributed by atoms with Gasteiger partial charge in [-0.25, -0.2) is 0 Å². The van der Waals surface area contributed by atoms with Crippen molar-refractivity contribution < 1.29 is 14.3 Å². The molecule has 0 aliphatic carbocycles. The van der Waals surface area contributed by atoms with Crippen molar-refractivity contribution in [3.63, 3.8) is 0 Å². The van der Waals surface area contributed by atoms with Crippen LogP contribution in [0.15, 0.2) is 12.2 Å². The van der Waals surface area contributed by atoms with E-state index in [0.29, 0.717) is 19.4 Å². The largest absolute Gasteiger partial charge is 0.465 e. The van der Waals surface area contributed by atoms with Crippen molar-refractivity contribution in [1.82, 2.24) is 0 Å². The Kier molecular flexibility index (Phi) is 13.5. The first-order valence-corrected chi connectivity index (χ1v) is 8.03. The van der Waals surface area contributed by atoms with Crippen LogP contribution in [0, 0.1) is 0 Å². The van der Waals surface area contributed by atoms with Gasteiger partial charge in [0.2, 0.25) is 0 Å². The van der Waals surface area contributed by atoms with Crippen LogP contribution in [0.2, 0.25) is 0 Å². The summed E-state index contributed by atoms with van der Waals surface area (Å²) in [6.07, 6.45) is 12.7. The van der Waals surface area contributed by atoms with Crippen LogP contribution < -0.4 is 0 Å². The van der Waals surface area contributed by atoms with E-state index in [1.807, 2.05) is 6.08 Å². The summed E-state index contributed by atoms with van der Waals surface area (Å²) in [5.41, 5.74) is 0. The van der Waals surface area contributed by atoms with E-state index < -0.39 is 0 Å². The SMILES string of the molecule is CC/C=C/CCOC(=O)CCC(=O)CCCCCCC. The lowest BCUT2D eigenvalue weighted by molar-refractivity contribution is -0.144. The van der Waals surface area contributed by atoms with E-state index in [-0.39, 0.29) is 18.2 Å². The Balaban J connectivity index is 3.44. The molecule has 0 fully saturated rings. The van der Waals surface area contributed by atoms with E-state index in [0.717, 1.165) is 25.7 Å². The lowest BCUT2D eigenvalue weighted by Crippen LogP contribution is -2.08. The van der Waals surface area contributed by atoms with Crippen LogP contribution in [-0.4, -0.2) is 18.4 Å². The fourth-order valence-electron chi connectivity index (χ4n) is 1.89. The lowest BCUT2D eigenvalue weighted by atomic mass is 10.1. The highest BCUT2D eigenvalue weighted by Gasteiger charge is 2.07. The molecule has 3 nitrogen and oxygen atoms in total. The molecule has 0 aliphatic heterocycles. The molecule has 0 aromatic carbocycles. The second kappa shape index (κ2) is 14.3. The van der Waals surface area contributed by atoms with Gasteiger partial charge in [0.15, 0.2) is 0 Å². The van der Waals surface area contributed by atoms with Crippen LogP contribution in [0.3, 0.4) is 0 Å². The Morgan fingerprint density at radius 1 is 0.900 bits per heavy atom. The molecule has 0 saturated carbocycles. The summed E-state index contributed by atoms with van der Waals surface area (Å²) in [5, 5.41) is 0. The number of esters is 1. The third-order valence-electron chi connectivity index (χ3n) is 3.12. The van der Waals surface area contributed by atoms with Crippen LogP contribution in [0.4, 0.5) is 0 Å². The molecule has 0 N–H and O–H groups in total. The number of rotatable bonds is 13. The molecule has 0 rings (SSSR count). The third kappa shape index (κ3) is 13.3. The molecule has 0 aromatic rings. The van der Waals surface area contributed by atoms with Gasteiger partial charge in [0.05, 0.1) is 13.0 Å². The van der Waals surface area contributed by atoms with Crippen molar-refractivity contribution in [3.8, 4) is 0 Å². The maximum absolute atomic E-state index is 11.6. The fraction of sp³-hybridized carbons (Fsp3) is 0.765. The quantitative estimate of drug-likeness (QED) is 0.282. The second-order valence-corrected chi connectivity index (χ2v) is 5.09. The molecular formula is C17H30O3. The maximum atomic E-state index is 11.6. The average molecular weight is 282 g/mol. The Morgan fingerprint density at radius 3 is 2.35 bits per heavy atom. The van der Waals surface area contributed by atoms with Gasteiger partial charge in [0.1, 0.15) is 5.78 Å². The molecule has 0 heterocycles. The predicted octanol–water partition coefficient (Wildman–Crippen LogP) is 4.60. The van der Waals surface area contributed by atoms with Gasteiger partial charge in [-0.1, -0.05) is 51.7 Å². The lowest BCUT2D eigenvalue weighted by Gasteiger charge is -2.03. The number of hydrogen-bond donors (Lipinski definition) is 0. The summed E-state index contributed by atoms with van der Waals surface area (Å²) in [6, 6.07) is 0. The summed E-state index contributed by atoms with van der Waals surface area (Å²) in [5.74, 6) is -0.0708. The molecule has 3 heteroatoms. The van der Waals surface area contributed by atoms with Gasteiger partial charge in [-0.05, 0) is 19.3 Å². The summed E-state index contributed by atoms with van der Waals surface area (Å²) in [6.45, 7) is 4.66. The molecule has 20 heavy (non-hydrogen) atoms. The van der Waals surface area contributed by atoms with Gasteiger partial charge in [0.25, 0.3) is 0 Å². The fourth-order valence-corrected chi connectivity index (χ4v) is 1.89. The summed E-state index contributed by atoms with van der Waals surface area (Å²) in [7, 11) is 0. The van der Waals surface area contributed by atoms with E-state index in [9.17, 15) is 9.59 Å². The zero-order valence-corrected chi connectivity index (χ0v) is 13.2. The van der Waals surface area contributed by atoms with Crippen molar-refractivity contribution in [3.05, 3.63) is 12.2 Å². The van der Waals surface area contributed by atoms with Crippen molar-refractivity contribution in [2.75, 3.05) is 6.61 Å². The number of carbonyl (C=O) groups excluding carboxylic acids is 2. The first-order chi connectivity index (χ1) is 9.70. The molecule has 0 aromatic heterocycles. The van der Waals surface area contributed by atoms with Gasteiger partial charge in [-0.3, -0.25) is 9.59 Å². The van der Waals surface area contributed by atoms with Crippen molar-refractivity contribution in [1.29, 1.82) is 0 Å². The smallest absolute Gasteiger partial charge is 0.306 e. The van der Waals surface area contributed by atoms with Crippen LogP contribution in [0.1, 0.15) is 78.1 Å². The maximum Gasteiger partial charge on any atom is 0.306 e. The molecule has 0 aliphatic rings. The predicted molar refractivity (Wildman–Crippen MR) is 82.6 cm³/mol. The number of ketones is 1. The average Bonchev–Trinajstić information content (AvgIpc) is 2.44. The zero-order valence-electron chi connectivity index (χ0n) is 13.2. The number of Topliss-reactive ketones (excluding diaryl/α,β-unsaturated/α-hetero) is 1. The molecule has 0 atom stereocenters. The number of hydrogen-bond acceptors (Lipinski definition) is 3. The number of carbonyl (C=O) groups is 2. The highest BCUT2D eigenvalue weighted by molar-refractivity contribution is 5.82. The Bertz CT molecular complexity index is 282. The molecule has 0 spiro atoms. The van der Waals surface area contributed by atoms with Crippen LogP contribution in [0.5, 0.6) is 0 Å². The second-order valence-electron chi connectivity index (χ2n) is 5.09. The van der Waals surface area contributed by atoms with Crippen LogP contribution >= 0.6 is 0 Å². The van der Waals surface area contributed by atoms with E-state index in [4.69, 9.17) is 4.74 Å². The zero-order chi connectivity index (χ0) is 15.1.